The van der Waals surface area contributed by atoms with E-state index < -0.39 is 35.5 Å². The number of nitrogens with two attached hydrogens (primary N) is 1. The van der Waals surface area contributed by atoms with E-state index in [4.69, 9.17) is 10.3 Å². The maximum Gasteiger partial charge on any atom is 0.573 e. The standard InChI is InChI=1S/C21H13F5N4O3/c22-17-13(12-5-2-6-15-16(12)19(27)30-33-15)7-8-14(18(17)23)29-20(31)28-10-3-1-4-11(9-10)32-21(24,25)26/h1-9H,(H2,27,30)(H2,28,29,31). The molecule has 12 heteroatoms. The van der Waals surface area contributed by atoms with Gasteiger partial charge in [-0.25, -0.2) is 13.6 Å². The Balaban J connectivity index is 1.55. The van der Waals surface area contributed by atoms with Crippen LogP contribution in [0.4, 0.5) is 43.9 Å². The van der Waals surface area contributed by atoms with E-state index in [0.29, 0.717) is 5.39 Å². The molecule has 0 spiro atoms. The number of ether oxygens (including phenoxy) is 1. The highest BCUT2D eigenvalue weighted by Crippen LogP contribution is 2.36. The van der Waals surface area contributed by atoms with Gasteiger partial charge in [-0.15, -0.1) is 13.2 Å². The van der Waals surface area contributed by atoms with Crippen molar-refractivity contribution in [2.24, 2.45) is 0 Å². The molecule has 7 nitrogen and oxygen atoms in total. The maximum atomic E-state index is 14.8. The molecule has 4 rings (SSSR count). The van der Waals surface area contributed by atoms with Gasteiger partial charge in [0.25, 0.3) is 0 Å². The number of anilines is 3. The lowest BCUT2D eigenvalue weighted by atomic mass is 10.0. The Labute approximate surface area is 181 Å². The fraction of sp³-hybridized carbons (Fsp3) is 0.0476. The number of nitrogen functional groups attached to an aromatic ring is 1. The van der Waals surface area contributed by atoms with E-state index in [0.717, 1.165) is 18.2 Å². The lowest BCUT2D eigenvalue weighted by Gasteiger charge is -2.13. The minimum Gasteiger partial charge on any atom is -0.406 e. The number of fused-ring (bicyclic) bond motifs is 1. The van der Waals surface area contributed by atoms with Crippen LogP contribution in [0.5, 0.6) is 5.75 Å². The van der Waals surface area contributed by atoms with Crippen molar-refractivity contribution in [2.45, 2.75) is 6.36 Å². The van der Waals surface area contributed by atoms with Gasteiger partial charge in [-0.1, -0.05) is 23.4 Å². The Kier molecular flexibility index (Phi) is 5.50. The van der Waals surface area contributed by atoms with Gasteiger partial charge < -0.3 is 25.6 Å². The van der Waals surface area contributed by atoms with Gasteiger partial charge >= 0.3 is 12.4 Å². The molecule has 33 heavy (non-hydrogen) atoms. The van der Waals surface area contributed by atoms with Crippen LogP contribution in [0.15, 0.2) is 59.1 Å². The molecule has 0 aliphatic carbocycles. The van der Waals surface area contributed by atoms with E-state index in [1.165, 1.54) is 24.3 Å². The number of rotatable bonds is 4. The SMILES string of the molecule is Nc1noc2cccc(-c3ccc(NC(=O)Nc4cccc(OC(F)(F)F)c4)c(F)c3F)c12. The number of hydrogen-bond donors (Lipinski definition) is 3. The first-order valence-electron chi connectivity index (χ1n) is 9.18. The Morgan fingerprint density at radius 1 is 0.970 bits per heavy atom. The van der Waals surface area contributed by atoms with Crippen LogP contribution in [0.25, 0.3) is 22.1 Å². The van der Waals surface area contributed by atoms with Gasteiger partial charge in [-0.3, -0.25) is 0 Å². The highest BCUT2D eigenvalue weighted by atomic mass is 19.4. The Morgan fingerprint density at radius 3 is 2.48 bits per heavy atom. The summed E-state index contributed by atoms with van der Waals surface area (Å²) in [5, 5.41) is 8.23. The molecule has 3 aromatic carbocycles. The highest BCUT2D eigenvalue weighted by Gasteiger charge is 2.31. The van der Waals surface area contributed by atoms with Crippen molar-refractivity contribution in [1.29, 1.82) is 0 Å². The topological polar surface area (TPSA) is 102 Å². The van der Waals surface area contributed by atoms with E-state index in [9.17, 15) is 26.7 Å². The molecule has 1 aromatic heterocycles. The van der Waals surface area contributed by atoms with Gasteiger partial charge in [-0.05, 0) is 35.9 Å². The average Bonchev–Trinajstić information content (AvgIpc) is 3.12. The molecule has 0 aliphatic heterocycles. The first-order chi connectivity index (χ1) is 15.6. The van der Waals surface area contributed by atoms with Gasteiger partial charge in [0.1, 0.15) is 5.75 Å². The van der Waals surface area contributed by atoms with Crippen molar-refractivity contribution in [1.82, 2.24) is 5.16 Å². The first kappa shape index (κ1) is 21.9. The fourth-order valence-electron chi connectivity index (χ4n) is 3.15. The van der Waals surface area contributed by atoms with Crippen molar-refractivity contribution >= 4 is 34.2 Å². The van der Waals surface area contributed by atoms with Gasteiger partial charge in [0.05, 0.1) is 11.1 Å². The third-order valence-corrected chi connectivity index (χ3v) is 4.47. The molecule has 170 valence electrons. The number of halogens is 5. The van der Waals surface area contributed by atoms with Crippen LogP contribution >= 0.6 is 0 Å². The maximum absolute atomic E-state index is 14.8. The molecule has 0 radical (unpaired) electrons. The zero-order valence-corrected chi connectivity index (χ0v) is 16.3. The number of aromatic nitrogens is 1. The first-order valence-corrected chi connectivity index (χ1v) is 9.18. The summed E-state index contributed by atoms with van der Waals surface area (Å²) in [6.07, 6.45) is -4.91. The Hall–Kier alpha value is -4.35. The molecular weight excluding hydrogens is 451 g/mol. The minimum atomic E-state index is -4.91. The molecule has 0 saturated carbocycles. The number of benzene rings is 3. The van der Waals surface area contributed by atoms with E-state index in [-0.39, 0.29) is 28.2 Å². The lowest BCUT2D eigenvalue weighted by Crippen LogP contribution is -2.21. The number of alkyl halides is 3. The predicted octanol–water partition coefficient (Wildman–Crippen LogP) is 5.90. The van der Waals surface area contributed by atoms with Crippen LogP contribution < -0.4 is 21.1 Å². The lowest BCUT2D eigenvalue weighted by molar-refractivity contribution is -0.274. The van der Waals surface area contributed by atoms with Crippen LogP contribution in [0.3, 0.4) is 0 Å². The van der Waals surface area contributed by atoms with Crippen molar-refractivity contribution in [3.05, 3.63) is 66.2 Å². The summed E-state index contributed by atoms with van der Waals surface area (Å²) in [7, 11) is 0. The second kappa shape index (κ2) is 8.30. The zero-order valence-electron chi connectivity index (χ0n) is 16.3. The number of amides is 2. The summed E-state index contributed by atoms with van der Waals surface area (Å²) in [6.45, 7) is 0. The van der Waals surface area contributed by atoms with Crippen molar-refractivity contribution < 1.29 is 36.0 Å². The molecule has 0 unspecified atom stereocenters. The fourth-order valence-corrected chi connectivity index (χ4v) is 3.15. The molecule has 0 atom stereocenters. The number of nitrogens with zero attached hydrogens (tertiary/aromatic N) is 1. The summed E-state index contributed by atoms with van der Waals surface area (Å²) in [5.41, 5.74) is 5.57. The van der Waals surface area contributed by atoms with Gasteiger partial charge in [0.2, 0.25) is 0 Å². The molecule has 2 amide bonds. The Bertz CT molecular complexity index is 1350. The quantitative estimate of drug-likeness (QED) is 0.327. The van der Waals surface area contributed by atoms with Crippen LogP contribution in [0, 0.1) is 11.6 Å². The summed E-state index contributed by atoms with van der Waals surface area (Å²) >= 11 is 0. The summed E-state index contributed by atoms with van der Waals surface area (Å²) in [4.78, 5) is 12.2. The van der Waals surface area contributed by atoms with Gasteiger partial charge in [0, 0.05) is 17.3 Å². The smallest absolute Gasteiger partial charge is 0.406 e. The largest absolute Gasteiger partial charge is 0.573 e. The van der Waals surface area contributed by atoms with Crippen molar-refractivity contribution in [2.75, 3.05) is 16.4 Å². The van der Waals surface area contributed by atoms with Crippen molar-refractivity contribution in [3.8, 4) is 16.9 Å². The third-order valence-electron chi connectivity index (χ3n) is 4.47. The second-order valence-electron chi connectivity index (χ2n) is 6.69. The Morgan fingerprint density at radius 2 is 1.73 bits per heavy atom. The van der Waals surface area contributed by atoms with Crippen molar-refractivity contribution in [3.63, 3.8) is 0 Å². The normalized spacial score (nSPS) is 11.4. The van der Waals surface area contributed by atoms with E-state index in [1.54, 1.807) is 12.1 Å². The second-order valence-corrected chi connectivity index (χ2v) is 6.69. The molecular formula is C21H13F5N4O3. The summed E-state index contributed by atoms with van der Waals surface area (Å²) in [5.74, 6) is -3.19. The predicted molar refractivity (Wildman–Crippen MR) is 110 cm³/mol. The van der Waals surface area contributed by atoms with Crippen LogP contribution in [0.2, 0.25) is 0 Å². The molecule has 4 N–H and O–H groups in total. The third kappa shape index (κ3) is 4.63. The van der Waals surface area contributed by atoms with Crippen LogP contribution in [0.1, 0.15) is 0 Å². The molecule has 1 heterocycles. The number of nitrogens with one attached hydrogen (secondary N) is 2. The van der Waals surface area contributed by atoms with Gasteiger partial charge in [-0.2, -0.15) is 0 Å². The number of urea groups is 1. The van der Waals surface area contributed by atoms with Crippen LogP contribution in [-0.2, 0) is 0 Å². The summed E-state index contributed by atoms with van der Waals surface area (Å²) < 4.78 is 75.3. The van der Waals surface area contributed by atoms with E-state index >= 15 is 0 Å². The average molecular weight is 464 g/mol. The number of carbonyl (C=O) groups is 1. The number of hydrogen-bond acceptors (Lipinski definition) is 5. The highest BCUT2D eigenvalue weighted by molar-refractivity contribution is 6.02. The molecule has 0 bridgehead atoms. The van der Waals surface area contributed by atoms with E-state index in [2.05, 4.69) is 20.5 Å². The molecule has 4 aromatic rings. The molecule has 0 fully saturated rings. The van der Waals surface area contributed by atoms with E-state index in [1.807, 2.05) is 0 Å². The van der Waals surface area contributed by atoms with Gasteiger partial charge in [0.15, 0.2) is 23.0 Å². The number of carbonyl (C=O) groups excluding carboxylic acids is 1. The monoisotopic (exact) mass is 464 g/mol. The summed E-state index contributed by atoms with van der Waals surface area (Å²) in [6, 6.07) is 10.4. The molecule has 0 aliphatic rings. The minimum absolute atomic E-state index is 0.00118. The zero-order chi connectivity index (χ0) is 23.8. The van der Waals surface area contributed by atoms with Crippen LogP contribution in [-0.4, -0.2) is 17.6 Å². The molecule has 0 saturated heterocycles.